The summed E-state index contributed by atoms with van der Waals surface area (Å²) in [4.78, 5) is 1.71. The topological polar surface area (TPSA) is 38.5 Å². The van der Waals surface area contributed by atoms with Gasteiger partial charge in [0.2, 0.25) is 0 Å². The van der Waals surface area contributed by atoms with E-state index < -0.39 is 5.82 Å². The average molecular weight is 278 g/mol. The number of hydrogen-bond acceptors (Lipinski definition) is 3. The van der Waals surface area contributed by atoms with E-state index in [1.807, 2.05) is 0 Å². The van der Waals surface area contributed by atoms with Crippen LogP contribution < -0.4 is 15.4 Å². The molecule has 0 aliphatic rings. The van der Waals surface area contributed by atoms with Gasteiger partial charge >= 0.3 is 0 Å². The summed E-state index contributed by atoms with van der Waals surface area (Å²) >= 11 is 0. The zero-order valence-electron chi connectivity index (χ0n) is 11.4. The monoisotopic (exact) mass is 278 g/mol. The summed E-state index contributed by atoms with van der Waals surface area (Å²) in [6.45, 7) is 0.449. The van der Waals surface area contributed by atoms with Crippen LogP contribution in [-0.2, 0) is 6.54 Å². The Kier molecular flexibility index (Phi) is 4.08. The number of nitrogens with two attached hydrogens (primary N) is 1. The van der Waals surface area contributed by atoms with Crippen molar-refractivity contribution in [2.75, 3.05) is 24.8 Å². The molecule has 0 radical (unpaired) electrons. The highest BCUT2D eigenvalue weighted by atomic mass is 19.1. The predicted octanol–water partition coefficient (Wildman–Crippen LogP) is 3.19. The minimum Gasteiger partial charge on any atom is -0.495 e. The summed E-state index contributed by atoms with van der Waals surface area (Å²) in [5, 5.41) is 0. The summed E-state index contributed by atoms with van der Waals surface area (Å²) < 4.78 is 31.9. The molecule has 0 atom stereocenters. The fourth-order valence-corrected chi connectivity index (χ4v) is 1.98. The Labute approximate surface area is 116 Å². The van der Waals surface area contributed by atoms with Crippen LogP contribution in [0.1, 0.15) is 5.56 Å². The third-order valence-electron chi connectivity index (χ3n) is 3.04. The standard InChI is InChI=1S/C15H16F2N2O/c1-19(9-10-3-5-11(16)6-4-10)14-8-15(20-2)13(18)7-12(14)17/h3-8H,9,18H2,1-2H3. The number of nitrogen functional groups attached to an aromatic ring is 1. The van der Waals surface area contributed by atoms with Crippen LogP contribution in [0, 0.1) is 11.6 Å². The normalized spacial score (nSPS) is 10.4. The molecule has 0 aliphatic heterocycles. The molecule has 0 bridgehead atoms. The SMILES string of the molecule is COc1cc(N(C)Cc2ccc(F)cc2)c(F)cc1N. The predicted molar refractivity (Wildman–Crippen MR) is 75.9 cm³/mol. The van der Waals surface area contributed by atoms with Gasteiger partial charge in [-0.1, -0.05) is 12.1 Å². The van der Waals surface area contributed by atoms with Crippen molar-refractivity contribution in [2.45, 2.75) is 6.54 Å². The van der Waals surface area contributed by atoms with Gasteiger partial charge in [-0.2, -0.15) is 0 Å². The van der Waals surface area contributed by atoms with Gasteiger partial charge in [-0.25, -0.2) is 8.78 Å². The van der Waals surface area contributed by atoms with Crippen LogP contribution in [0.2, 0.25) is 0 Å². The highest BCUT2D eigenvalue weighted by Crippen LogP contribution is 2.30. The zero-order valence-corrected chi connectivity index (χ0v) is 11.4. The second kappa shape index (κ2) is 5.77. The minimum absolute atomic E-state index is 0.254. The van der Waals surface area contributed by atoms with Crippen molar-refractivity contribution in [3.63, 3.8) is 0 Å². The lowest BCUT2D eigenvalue weighted by atomic mass is 10.2. The van der Waals surface area contributed by atoms with Crippen LogP contribution in [-0.4, -0.2) is 14.2 Å². The second-order valence-corrected chi connectivity index (χ2v) is 4.53. The fraction of sp³-hybridized carbons (Fsp3) is 0.200. The third-order valence-corrected chi connectivity index (χ3v) is 3.04. The summed E-state index contributed by atoms with van der Waals surface area (Å²) in [5.41, 5.74) is 7.15. The van der Waals surface area contributed by atoms with Crippen molar-refractivity contribution in [3.8, 4) is 5.75 Å². The number of rotatable bonds is 4. The first kappa shape index (κ1) is 14.1. The first-order valence-electron chi connectivity index (χ1n) is 6.10. The van der Waals surface area contributed by atoms with Crippen LogP contribution in [0.5, 0.6) is 5.75 Å². The Morgan fingerprint density at radius 1 is 1.15 bits per heavy atom. The van der Waals surface area contributed by atoms with Crippen LogP contribution in [0.3, 0.4) is 0 Å². The lowest BCUT2D eigenvalue weighted by Crippen LogP contribution is -2.18. The first-order chi connectivity index (χ1) is 9.51. The van der Waals surface area contributed by atoms with Crippen molar-refractivity contribution in [2.24, 2.45) is 0 Å². The smallest absolute Gasteiger partial charge is 0.148 e. The van der Waals surface area contributed by atoms with E-state index in [-0.39, 0.29) is 11.5 Å². The van der Waals surface area contributed by atoms with Crippen LogP contribution >= 0.6 is 0 Å². The molecule has 2 N–H and O–H groups in total. The Morgan fingerprint density at radius 2 is 1.80 bits per heavy atom. The van der Waals surface area contributed by atoms with E-state index in [9.17, 15) is 8.78 Å². The lowest BCUT2D eigenvalue weighted by Gasteiger charge is -2.21. The molecular weight excluding hydrogens is 262 g/mol. The van der Waals surface area contributed by atoms with Gasteiger partial charge in [-0.3, -0.25) is 0 Å². The van der Waals surface area contributed by atoms with E-state index in [1.165, 1.54) is 25.3 Å². The van der Waals surface area contributed by atoms with Crippen molar-refractivity contribution < 1.29 is 13.5 Å². The van der Waals surface area contributed by atoms with Crippen LogP contribution in [0.4, 0.5) is 20.2 Å². The molecule has 20 heavy (non-hydrogen) atoms. The minimum atomic E-state index is -0.423. The summed E-state index contributed by atoms with van der Waals surface area (Å²) in [6, 6.07) is 8.87. The van der Waals surface area contributed by atoms with Crippen molar-refractivity contribution in [3.05, 3.63) is 53.6 Å². The molecule has 106 valence electrons. The van der Waals surface area contributed by atoms with Crippen molar-refractivity contribution in [1.82, 2.24) is 0 Å². The van der Waals surface area contributed by atoms with Crippen LogP contribution in [0.15, 0.2) is 36.4 Å². The van der Waals surface area contributed by atoms with E-state index in [4.69, 9.17) is 10.5 Å². The Hall–Kier alpha value is -2.30. The van der Waals surface area contributed by atoms with Crippen LogP contribution in [0.25, 0.3) is 0 Å². The molecule has 0 saturated carbocycles. The molecule has 2 aromatic rings. The fourth-order valence-electron chi connectivity index (χ4n) is 1.98. The Balaban J connectivity index is 2.24. The van der Waals surface area contributed by atoms with E-state index in [0.29, 0.717) is 18.0 Å². The molecule has 2 rings (SSSR count). The van der Waals surface area contributed by atoms with Gasteiger partial charge in [0.25, 0.3) is 0 Å². The largest absolute Gasteiger partial charge is 0.495 e. The molecule has 0 unspecified atom stereocenters. The summed E-state index contributed by atoms with van der Waals surface area (Å²) in [5.74, 6) is -0.294. The third kappa shape index (κ3) is 2.99. The molecule has 0 amide bonds. The molecule has 0 spiro atoms. The van der Waals surface area contributed by atoms with E-state index in [0.717, 1.165) is 5.56 Å². The summed E-state index contributed by atoms with van der Waals surface area (Å²) in [6.07, 6.45) is 0. The van der Waals surface area contributed by atoms with E-state index in [1.54, 1.807) is 30.1 Å². The van der Waals surface area contributed by atoms with Gasteiger partial charge in [0.05, 0.1) is 18.5 Å². The van der Waals surface area contributed by atoms with Gasteiger partial charge in [-0.15, -0.1) is 0 Å². The highest BCUT2D eigenvalue weighted by molar-refractivity contribution is 5.63. The molecule has 3 nitrogen and oxygen atoms in total. The maximum Gasteiger partial charge on any atom is 0.148 e. The summed E-state index contributed by atoms with van der Waals surface area (Å²) in [7, 11) is 3.23. The van der Waals surface area contributed by atoms with Gasteiger partial charge in [0.15, 0.2) is 0 Å². The molecule has 5 heteroatoms. The number of hydrogen-bond donors (Lipinski definition) is 1. The molecule has 0 heterocycles. The van der Waals surface area contributed by atoms with E-state index >= 15 is 0 Å². The quantitative estimate of drug-likeness (QED) is 0.873. The van der Waals surface area contributed by atoms with Crippen molar-refractivity contribution in [1.29, 1.82) is 0 Å². The molecule has 0 fully saturated rings. The first-order valence-corrected chi connectivity index (χ1v) is 6.10. The second-order valence-electron chi connectivity index (χ2n) is 4.53. The number of benzene rings is 2. The number of ether oxygens (including phenoxy) is 1. The van der Waals surface area contributed by atoms with Gasteiger partial charge < -0.3 is 15.4 Å². The van der Waals surface area contributed by atoms with E-state index in [2.05, 4.69) is 0 Å². The molecular formula is C15H16F2N2O. The Morgan fingerprint density at radius 3 is 2.40 bits per heavy atom. The average Bonchev–Trinajstić information content (AvgIpc) is 2.41. The van der Waals surface area contributed by atoms with Gasteiger partial charge in [0.1, 0.15) is 17.4 Å². The number of methoxy groups -OCH3 is 1. The molecule has 2 aromatic carbocycles. The van der Waals surface area contributed by atoms with Gasteiger partial charge in [-0.05, 0) is 17.7 Å². The maximum atomic E-state index is 13.9. The molecule has 0 aromatic heterocycles. The van der Waals surface area contributed by atoms with Crippen molar-refractivity contribution >= 4 is 11.4 Å². The lowest BCUT2D eigenvalue weighted by molar-refractivity contribution is 0.416. The number of halogens is 2. The van der Waals surface area contributed by atoms with Gasteiger partial charge in [0, 0.05) is 25.7 Å². The maximum absolute atomic E-state index is 13.9. The number of anilines is 2. The molecule has 0 saturated heterocycles. The Bertz CT molecular complexity index is 600. The highest BCUT2D eigenvalue weighted by Gasteiger charge is 2.12. The molecule has 0 aliphatic carbocycles. The number of nitrogens with zero attached hydrogens (tertiary/aromatic N) is 1. The zero-order chi connectivity index (χ0) is 14.7.